The van der Waals surface area contributed by atoms with Gasteiger partial charge in [-0.2, -0.15) is 0 Å². The van der Waals surface area contributed by atoms with Crippen LogP contribution in [0.1, 0.15) is 36.5 Å². The molecule has 0 aliphatic heterocycles. The van der Waals surface area contributed by atoms with Crippen LogP contribution in [0.5, 0.6) is 0 Å². The van der Waals surface area contributed by atoms with E-state index < -0.39 is 0 Å². The molecule has 1 saturated carbocycles. The van der Waals surface area contributed by atoms with Crippen LogP contribution in [0.25, 0.3) is 0 Å². The van der Waals surface area contributed by atoms with Crippen LogP contribution in [0.2, 0.25) is 0 Å². The molecule has 2 unspecified atom stereocenters. The Balaban J connectivity index is 1.87. The number of hydrogen-bond donors (Lipinski definition) is 1. The topological polar surface area (TPSA) is 29.1 Å². The second kappa shape index (κ2) is 5.67. The van der Waals surface area contributed by atoms with Crippen molar-refractivity contribution in [1.82, 2.24) is 5.32 Å². The van der Waals surface area contributed by atoms with Crippen LogP contribution in [0.15, 0.2) is 28.7 Å². The van der Waals surface area contributed by atoms with E-state index in [1.165, 1.54) is 19.3 Å². The summed E-state index contributed by atoms with van der Waals surface area (Å²) in [6, 6.07) is 7.48. The molecule has 1 aliphatic carbocycles. The van der Waals surface area contributed by atoms with Crippen molar-refractivity contribution in [3.63, 3.8) is 0 Å². The van der Waals surface area contributed by atoms with Crippen molar-refractivity contribution < 1.29 is 4.79 Å². The molecule has 0 bridgehead atoms. The van der Waals surface area contributed by atoms with Gasteiger partial charge in [-0.25, -0.2) is 0 Å². The van der Waals surface area contributed by atoms with Gasteiger partial charge in [-0.3, -0.25) is 4.79 Å². The molecular weight excluding hydrogens is 278 g/mol. The van der Waals surface area contributed by atoms with Crippen LogP contribution in [0, 0.1) is 11.8 Å². The summed E-state index contributed by atoms with van der Waals surface area (Å²) in [4.78, 5) is 11.9. The van der Waals surface area contributed by atoms with Gasteiger partial charge in [0.1, 0.15) is 0 Å². The molecule has 1 fully saturated rings. The molecular formula is C14H18BrNO. The highest BCUT2D eigenvalue weighted by atomic mass is 79.9. The van der Waals surface area contributed by atoms with E-state index in [0.29, 0.717) is 5.92 Å². The third-order valence-corrected chi connectivity index (χ3v) is 4.20. The van der Waals surface area contributed by atoms with E-state index in [4.69, 9.17) is 0 Å². The van der Waals surface area contributed by atoms with Gasteiger partial charge in [-0.1, -0.05) is 35.7 Å². The van der Waals surface area contributed by atoms with Crippen molar-refractivity contribution in [2.24, 2.45) is 11.8 Å². The van der Waals surface area contributed by atoms with E-state index in [-0.39, 0.29) is 5.91 Å². The first kappa shape index (κ1) is 12.6. The fourth-order valence-corrected chi connectivity index (χ4v) is 2.72. The first-order chi connectivity index (χ1) is 8.16. The highest BCUT2D eigenvalue weighted by molar-refractivity contribution is 9.10. The number of hydrogen-bond acceptors (Lipinski definition) is 1. The van der Waals surface area contributed by atoms with Gasteiger partial charge in [0.2, 0.25) is 0 Å². The molecule has 2 rings (SSSR count). The molecule has 0 heterocycles. The SMILES string of the molecule is CC1CCCC1CNC(=O)c1ccc(Br)cc1. The zero-order valence-electron chi connectivity index (χ0n) is 10.1. The summed E-state index contributed by atoms with van der Waals surface area (Å²) < 4.78 is 0.999. The fourth-order valence-electron chi connectivity index (χ4n) is 2.45. The minimum atomic E-state index is 0.0385. The molecule has 0 aromatic heterocycles. The van der Waals surface area contributed by atoms with E-state index in [2.05, 4.69) is 28.2 Å². The van der Waals surface area contributed by atoms with Crippen molar-refractivity contribution in [3.05, 3.63) is 34.3 Å². The molecule has 2 nitrogen and oxygen atoms in total. The van der Waals surface area contributed by atoms with Crippen molar-refractivity contribution >= 4 is 21.8 Å². The van der Waals surface area contributed by atoms with E-state index in [1.807, 2.05) is 24.3 Å². The third-order valence-electron chi connectivity index (χ3n) is 3.67. The number of rotatable bonds is 3. The lowest BCUT2D eigenvalue weighted by molar-refractivity contribution is 0.0944. The Morgan fingerprint density at radius 3 is 2.65 bits per heavy atom. The molecule has 2 atom stereocenters. The summed E-state index contributed by atoms with van der Waals surface area (Å²) in [5, 5.41) is 3.04. The van der Waals surface area contributed by atoms with Crippen LogP contribution in [-0.4, -0.2) is 12.5 Å². The second-order valence-corrected chi connectivity index (χ2v) is 5.80. The number of amides is 1. The van der Waals surface area contributed by atoms with Gasteiger partial charge in [-0.15, -0.1) is 0 Å². The zero-order chi connectivity index (χ0) is 12.3. The van der Waals surface area contributed by atoms with E-state index >= 15 is 0 Å². The standard InChI is InChI=1S/C14H18BrNO/c1-10-3-2-4-12(10)9-16-14(17)11-5-7-13(15)8-6-11/h5-8,10,12H,2-4,9H2,1H3,(H,16,17). The normalized spacial score (nSPS) is 23.6. The molecule has 1 aliphatic rings. The highest BCUT2D eigenvalue weighted by Crippen LogP contribution is 2.30. The Hall–Kier alpha value is -0.830. The quantitative estimate of drug-likeness (QED) is 0.907. The molecule has 17 heavy (non-hydrogen) atoms. The Bertz CT molecular complexity index is 388. The van der Waals surface area contributed by atoms with Crippen molar-refractivity contribution in [1.29, 1.82) is 0 Å². The molecule has 1 amide bonds. The number of carbonyl (C=O) groups excluding carboxylic acids is 1. The van der Waals surface area contributed by atoms with Gasteiger partial charge < -0.3 is 5.32 Å². The fraction of sp³-hybridized carbons (Fsp3) is 0.500. The Labute approximate surface area is 111 Å². The summed E-state index contributed by atoms with van der Waals surface area (Å²) in [7, 11) is 0. The van der Waals surface area contributed by atoms with Crippen LogP contribution in [-0.2, 0) is 0 Å². The molecule has 1 N–H and O–H groups in total. The number of halogens is 1. The van der Waals surface area contributed by atoms with Crippen molar-refractivity contribution in [2.45, 2.75) is 26.2 Å². The summed E-state index contributed by atoms with van der Waals surface area (Å²) in [5.74, 6) is 1.45. The molecule has 0 saturated heterocycles. The van der Waals surface area contributed by atoms with Gasteiger partial charge in [0.15, 0.2) is 0 Å². The minimum absolute atomic E-state index is 0.0385. The summed E-state index contributed by atoms with van der Waals surface area (Å²) in [6.45, 7) is 3.10. The third kappa shape index (κ3) is 3.32. The summed E-state index contributed by atoms with van der Waals surface area (Å²) in [6.07, 6.45) is 3.86. The average molecular weight is 296 g/mol. The molecule has 3 heteroatoms. The van der Waals surface area contributed by atoms with Crippen LogP contribution < -0.4 is 5.32 Å². The summed E-state index contributed by atoms with van der Waals surface area (Å²) >= 11 is 3.36. The number of nitrogens with one attached hydrogen (secondary N) is 1. The predicted molar refractivity (Wildman–Crippen MR) is 73.0 cm³/mol. The largest absolute Gasteiger partial charge is 0.352 e. The maximum absolute atomic E-state index is 11.9. The minimum Gasteiger partial charge on any atom is -0.352 e. The predicted octanol–water partition coefficient (Wildman–Crippen LogP) is 3.62. The maximum Gasteiger partial charge on any atom is 0.251 e. The number of carbonyl (C=O) groups is 1. The Kier molecular flexibility index (Phi) is 4.21. The second-order valence-electron chi connectivity index (χ2n) is 4.89. The maximum atomic E-state index is 11.9. The van der Waals surface area contributed by atoms with E-state index in [9.17, 15) is 4.79 Å². The average Bonchev–Trinajstić information content (AvgIpc) is 2.73. The smallest absolute Gasteiger partial charge is 0.251 e. The Morgan fingerprint density at radius 1 is 1.35 bits per heavy atom. The van der Waals surface area contributed by atoms with E-state index in [0.717, 1.165) is 22.5 Å². The van der Waals surface area contributed by atoms with E-state index in [1.54, 1.807) is 0 Å². The lowest BCUT2D eigenvalue weighted by atomic mass is 9.98. The lowest BCUT2D eigenvalue weighted by Gasteiger charge is -2.15. The van der Waals surface area contributed by atoms with Crippen molar-refractivity contribution in [3.8, 4) is 0 Å². The molecule has 1 aromatic rings. The highest BCUT2D eigenvalue weighted by Gasteiger charge is 2.23. The zero-order valence-corrected chi connectivity index (χ0v) is 11.7. The first-order valence-electron chi connectivity index (χ1n) is 6.20. The molecule has 0 spiro atoms. The molecule has 0 radical (unpaired) electrons. The van der Waals surface area contributed by atoms with Crippen molar-refractivity contribution in [2.75, 3.05) is 6.54 Å². The van der Waals surface area contributed by atoms with Gasteiger partial charge in [0, 0.05) is 16.6 Å². The van der Waals surface area contributed by atoms with Gasteiger partial charge in [-0.05, 0) is 42.5 Å². The monoisotopic (exact) mass is 295 g/mol. The van der Waals surface area contributed by atoms with Crippen LogP contribution >= 0.6 is 15.9 Å². The summed E-state index contributed by atoms with van der Waals surface area (Å²) in [5.41, 5.74) is 0.735. The molecule has 1 aromatic carbocycles. The van der Waals surface area contributed by atoms with Gasteiger partial charge >= 0.3 is 0 Å². The van der Waals surface area contributed by atoms with Crippen LogP contribution in [0.4, 0.5) is 0 Å². The van der Waals surface area contributed by atoms with Gasteiger partial charge in [0.05, 0.1) is 0 Å². The Morgan fingerprint density at radius 2 is 2.06 bits per heavy atom. The number of benzene rings is 1. The lowest BCUT2D eigenvalue weighted by Crippen LogP contribution is -2.30. The van der Waals surface area contributed by atoms with Gasteiger partial charge in [0.25, 0.3) is 5.91 Å². The van der Waals surface area contributed by atoms with Crippen LogP contribution in [0.3, 0.4) is 0 Å². The first-order valence-corrected chi connectivity index (χ1v) is 7.00. The molecule has 92 valence electrons.